The van der Waals surface area contributed by atoms with Crippen molar-refractivity contribution >= 4 is 27.5 Å². The number of carbonyl (C=O) groups excluding carboxylic acids is 1. The number of rotatable bonds is 5. The van der Waals surface area contributed by atoms with Crippen molar-refractivity contribution in [2.75, 3.05) is 18.7 Å². The molecular formula is C17H17NO4S. The molecule has 0 saturated carbocycles. The minimum absolute atomic E-state index is 0.212. The lowest BCUT2D eigenvalue weighted by molar-refractivity contribution is -0.111. The van der Waals surface area contributed by atoms with Gasteiger partial charge in [-0.2, -0.15) is 0 Å². The molecular weight excluding hydrogens is 314 g/mol. The Labute approximate surface area is 135 Å². The van der Waals surface area contributed by atoms with Crippen LogP contribution in [0.5, 0.6) is 5.75 Å². The lowest BCUT2D eigenvalue weighted by atomic mass is 10.2. The Balaban J connectivity index is 1.99. The number of methoxy groups -OCH3 is 1. The van der Waals surface area contributed by atoms with E-state index < -0.39 is 9.84 Å². The van der Waals surface area contributed by atoms with Crippen LogP contribution in [0, 0.1) is 0 Å². The van der Waals surface area contributed by atoms with Crippen molar-refractivity contribution in [3.8, 4) is 5.75 Å². The molecule has 0 heterocycles. The molecule has 0 radical (unpaired) electrons. The molecule has 0 saturated heterocycles. The Kier molecular flexibility index (Phi) is 5.18. The predicted molar refractivity (Wildman–Crippen MR) is 90.2 cm³/mol. The van der Waals surface area contributed by atoms with Crippen LogP contribution in [0.4, 0.5) is 5.69 Å². The van der Waals surface area contributed by atoms with Crippen LogP contribution in [0.15, 0.2) is 59.5 Å². The Morgan fingerprint density at radius 2 is 1.65 bits per heavy atom. The van der Waals surface area contributed by atoms with E-state index in [0.717, 1.165) is 17.6 Å². The normalized spacial score (nSPS) is 11.4. The van der Waals surface area contributed by atoms with Crippen LogP contribution >= 0.6 is 0 Å². The minimum atomic E-state index is -3.24. The molecule has 23 heavy (non-hydrogen) atoms. The van der Waals surface area contributed by atoms with Crippen molar-refractivity contribution in [3.63, 3.8) is 0 Å². The van der Waals surface area contributed by atoms with Gasteiger partial charge in [0.05, 0.1) is 12.0 Å². The van der Waals surface area contributed by atoms with Gasteiger partial charge in [0, 0.05) is 18.0 Å². The standard InChI is InChI=1S/C17H17NO4S/c1-22-15-8-3-13(4-9-15)5-12-17(19)18-14-6-10-16(11-7-14)23(2,20)21/h3-12H,1-2H3,(H,18,19)/b12-5+. The molecule has 0 bridgehead atoms. The van der Waals surface area contributed by atoms with Crippen molar-refractivity contribution < 1.29 is 17.9 Å². The smallest absolute Gasteiger partial charge is 0.248 e. The fraction of sp³-hybridized carbons (Fsp3) is 0.118. The minimum Gasteiger partial charge on any atom is -0.497 e. The van der Waals surface area contributed by atoms with Gasteiger partial charge in [-0.05, 0) is 48.0 Å². The van der Waals surface area contributed by atoms with E-state index in [0.29, 0.717) is 5.69 Å². The fourth-order valence-electron chi connectivity index (χ4n) is 1.86. The van der Waals surface area contributed by atoms with Crippen LogP contribution in [0.1, 0.15) is 5.56 Å². The largest absolute Gasteiger partial charge is 0.497 e. The van der Waals surface area contributed by atoms with E-state index in [1.54, 1.807) is 25.3 Å². The number of amides is 1. The second-order valence-corrected chi connectivity index (χ2v) is 6.91. The van der Waals surface area contributed by atoms with Gasteiger partial charge >= 0.3 is 0 Å². The zero-order valence-corrected chi connectivity index (χ0v) is 13.6. The van der Waals surface area contributed by atoms with Gasteiger partial charge in [-0.1, -0.05) is 12.1 Å². The summed E-state index contributed by atoms with van der Waals surface area (Å²) in [6.45, 7) is 0. The SMILES string of the molecule is COc1ccc(/C=C/C(=O)Nc2ccc(S(C)(=O)=O)cc2)cc1. The van der Waals surface area contributed by atoms with Gasteiger partial charge in [-0.3, -0.25) is 4.79 Å². The molecule has 2 aromatic rings. The topological polar surface area (TPSA) is 72.5 Å². The molecule has 1 N–H and O–H groups in total. The number of hydrogen-bond donors (Lipinski definition) is 1. The quantitative estimate of drug-likeness (QED) is 0.855. The van der Waals surface area contributed by atoms with Gasteiger partial charge in [0.15, 0.2) is 9.84 Å². The first-order chi connectivity index (χ1) is 10.9. The third-order valence-electron chi connectivity index (χ3n) is 3.09. The van der Waals surface area contributed by atoms with Gasteiger partial charge in [-0.25, -0.2) is 8.42 Å². The van der Waals surface area contributed by atoms with Crippen molar-refractivity contribution in [2.45, 2.75) is 4.90 Å². The van der Waals surface area contributed by atoms with Crippen molar-refractivity contribution in [3.05, 3.63) is 60.2 Å². The third-order valence-corrected chi connectivity index (χ3v) is 4.22. The highest BCUT2D eigenvalue weighted by Crippen LogP contribution is 2.15. The summed E-state index contributed by atoms with van der Waals surface area (Å²) in [7, 11) is -1.65. The first kappa shape index (κ1) is 16.8. The van der Waals surface area contributed by atoms with E-state index in [-0.39, 0.29) is 10.8 Å². The summed E-state index contributed by atoms with van der Waals surface area (Å²) in [6, 6.07) is 13.3. The predicted octanol–water partition coefficient (Wildman–Crippen LogP) is 2.75. The van der Waals surface area contributed by atoms with Crippen LogP contribution in [0.3, 0.4) is 0 Å². The number of benzene rings is 2. The first-order valence-corrected chi connectivity index (χ1v) is 8.71. The molecule has 2 aromatic carbocycles. The summed E-state index contributed by atoms with van der Waals surface area (Å²) in [5.41, 5.74) is 1.40. The van der Waals surface area contributed by atoms with Crippen LogP contribution in [-0.4, -0.2) is 27.7 Å². The molecule has 0 aliphatic heterocycles. The van der Waals surface area contributed by atoms with Crippen molar-refractivity contribution in [1.29, 1.82) is 0 Å². The lowest BCUT2D eigenvalue weighted by Gasteiger charge is -2.03. The summed E-state index contributed by atoms with van der Waals surface area (Å²) < 4.78 is 27.8. The maximum atomic E-state index is 11.8. The number of sulfone groups is 1. The summed E-state index contributed by atoms with van der Waals surface area (Å²) in [5.74, 6) is 0.450. The molecule has 0 spiro atoms. The summed E-state index contributed by atoms with van der Waals surface area (Å²) in [5, 5.41) is 2.67. The Bertz CT molecular complexity index is 807. The second kappa shape index (κ2) is 7.11. The van der Waals surface area contributed by atoms with Crippen LogP contribution in [0.2, 0.25) is 0 Å². The molecule has 0 aliphatic carbocycles. The molecule has 5 nitrogen and oxygen atoms in total. The van der Waals surface area contributed by atoms with Crippen molar-refractivity contribution in [2.24, 2.45) is 0 Å². The number of nitrogens with one attached hydrogen (secondary N) is 1. The summed E-state index contributed by atoms with van der Waals surface area (Å²) in [6.07, 6.45) is 4.23. The van der Waals surface area contributed by atoms with E-state index in [1.807, 2.05) is 24.3 Å². The maximum Gasteiger partial charge on any atom is 0.248 e. The van der Waals surface area contributed by atoms with Gasteiger partial charge < -0.3 is 10.1 Å². The summed E-state index contributed by atoms with van der Waals surface area (Å²) >= 11 is 0. The van der Waals surface area contributed by atoms with E-state index in [2.05, 4.69) is 5.32 Å². The molecule has 0 aromatic heterocycles. The number of anilines is 1. The van der Waals surface area contributed by atoms with E-state index in [1.165, 1.54) is 18.2 Å². The van der Waals surface area contributed by atoms with Gasteiger partial charge in [0.25, 0.3) is 0 Å². The Hall–Kier alpha value is -2.60. The maximum absolute atomic E-state index is 11.8. The molecule has 2 rings (SSSR count). The van der Waals surface area contributed by atoms with E-state index in [4.69, 9.17) is 4.74 Å². The molecule has 0 unspecified atom stereocenters. The zero-order valence-electron chi connectivity index (χ0n) is 12.8. The highest BCUT2D eigenvalue weighted by Gasteiger charge is 2.06. The molecule has 0 fully saturated rings. The van der Waals surface area contributed by atoms with E-state index >= 15 is 0 Å². The number of carbonyl (C=O) groups is 1. The van der Waals surface area contributed by atoms with Crippen molar-refractivity contribution in [1.82, 2.24) is 0 Å². The molecule has 120 valence electrons. The van der Waals surface area contributed by atoms with E-state index in [9.17, 15) is 13.2 Å². The van der Waals surface area contributed by atoms with Gasteiger partial charge in [0.1, 0.15) is 5.75 Å². The van der Waals surface area contributed by atoms with Crippen LogP contribution in [-0.2, 0) is 14.6 Å². The molecule has 0 atom stereocenters. The highest BCUT2D eigenvalue weighted by molar-refractivity contribution is 7.90. The average Bonchev–Trinajstić information content (AvgIpc) is 2.53. The van der Waals surface area contributed by atoms with Crippen LogP contribution in [0.25, 0.3) is 6.08 Å². The highest BCUT2D eigenvalue weighted by atomic mass is 32.2. The van der Waals surface area contributed by atoms with Gasteiger partial charge in [-0.15, -0.1) is 0 Å². The number of hydrogen-bond acceptors (Lipinski definition) is 4. The van der Waals surface area contributed by atoms with Crippen LogP contribution < -0.4 is 10.1 Å². The molecule has 6 heteroatoms. The Morgan fingerprint density at radius 1 is 1.04 bits per heavy atom. The Morgan fingerprint density at radius 3 is 2.17 bits per heavy atom. The molecule has 1 amide bonds. The third kappa shape index (κ3) is 4.96. The fourth-order valence-corrected chi connectivity index (χ4v) is 2.49. The second-order valence-electron chi connectivity index (χ2n) is 4.89. The summed E-state index contributed by atoms with van der Waals surface area (Å²) in [4.78, 5) is 12.1. The zero-order chi connectivity index (χ0) is 16.9. The number of ether oxygens (including phenoxy) is 1. The molecule has 0 aliphatic rings. The first-order valence-electron chi connectivity index (χ1n) is 6.82. The monoisotopic (exact) mass is 331 g/mol. The lowest BCUT2D eigenvalue weighted by Crippen LogP contribution is -2.08. The average molecular weight is 331 g/mol. The van der Waals surface area contributed by atoms with Gasteiger partial charge in [0.2, 0.25) is 5.91 Å².